The summed E-state index contributed by atoms with van der Waals surface area (Å²) in [6.45, 7) is 3.99. The van der Waals surface area contributed by atoms with E-state index in [1.165, 1.54) is 0 Å². The van der Waals surface area contributed by atoms with Gasteiger partial charge in [0.25, 0.3) is 5.91 Å². The molecule has 7 heteroatoms. The van der Waals surface area contributed by atoms with Gasteiger partial charge in [-0.25, -0.2) is 4.98 Å². The third kappa shape index (κ3) is 5.07. The zero-order valence-corrected chi connectivity index (χ0v) is 19.3. The summed E-state index contributed by atoms with van der Waals surface area (Å²) in [7, 11) is 0. The number of rotatable bonds is 7. The smallest absolute Gasteiger partial charge is 0.251 e. The number of nitrogens with one attached hydrogen (secondary N) is 2. The lowest BCUT2D eigenvalue weighted by molar-refractivity contribution is -0.116. The van der Waals surface area contributed by atoms with Crippen LogP contribution in [0.2, 0.25) is 5.02 Å². The summed E-state index contributed by atoms with van der Waals surface area (Å²) in [6.07, 6.45) is 0.823. The Morgan fingerprint density at radius 1 is 1.00 bits per heavy atom. The number of imidazole rings is 1. The molecule has 0 fully saturated rings. The average molecular weight is 461 g/mol. The molecule has 0 aliphatic rings. The topological polar surface area (TPSA) is 76.0 Å². The molecule has 2 amide bonds. The van der Waals surface area contributed by atoms with Crippen LogP contribution in [0.15, 0.2) is 72.8 Å². The van der Waals surface area contributed by atoms with E-state index in [1.54, 1.807) is 24.3 Å². The van der Waals surface area contributed by atoms with Crippen LogP contribution < -0.4 is 10.6 Å². The maximum Gasteiger partial charge on any atom is 0.251 e. The van der Waals surface area contributed by atoms with E-state index in [1.807, 2.05) is 60.0 Å². The molecule has 0 aliphatic carbocycles. The molecular formula is C26H25ClN4O2. The average Bonchev–Trinajstić information content (AvgIpc) is 3.18. The molecule has 1 unspecified atom stereocenters. The summed E-state index contributed by atoms with van der Waals surface area (Å²) >= 11 is 5.93. The Balaban J connectivity index is 1.59. The first-order valence-electron chi connectivity index (χ1n) is 10.9. The molecule has 0 aliphatic heterocycles. The summed E-state index contributed by atoms with van der Waals surface area (Å²) in [5.74, 6) is 0.216. The molecule has 33 heavy (non-hydrogen) atoms. The lowest BCUT2D eigenvalue weighted by Crippen LogP contribution is -2.30. The zero-order chi connectivity index (χ0) is 23.4. The summed E-state index contributed by atoms with van der Waals surface area (Å²) in [6, 6.07) is 21.7. The summed E-state index contributed by atoms with van der Waals surface area (Å²) in [5, 5.41) is 6.56. The largest absolute Gasteiger partial charge is 0.342 e. The summed E-state index contributed by atoms with van der Waals surface area (Å²) in [5.41, 5.74) is 3.98. The fourth-order valence-corrected chi connectivity index (χ4v) is 3.95. The quantitative estimate of drug-likeness (QED) is 0.388. The monoisotopic (exact) mass is 460 g/mol. The van der Waals surface area contributed by atoms with E-state index in [9.17, 15) is 9.59 Å². The van der Waals surface area contributed by atoms with E-state index < -0.39 is 6.04 Å². The minimum atomic E-state index is -0.420. The van der Waals surface area contributed by atoms with Crippen LogP contribution in [-0.2, 0) is 17.8 Å². The highest BCUT2D eigenvalue weighted by molar-refractivity contribution is 6.30. The molecule has 0 saturated heterocycles. The predicted octanol–water partition coefficient (Wildman–Crippen LogP) is 5.38. The Morgan fingerprint density at radius 2 is 1.70 bits per heavy atom. The highest BCUT2D eigenvalue weighted by Gasteiger charge is 2.21. The fraction of sp³-hybridized carbons (Fsp3) is 0.192. The lowest BCUT2D eigenvalue weighted by Gasteiger charge is -2.17. The van der Waals surface area contributed by atoms with E-state index >= 15 is 0 Å². The number of hydrogen-bond donors (Lipinski definition) is 2. The molecule has 4 rings (SSSR count). The van der Waals surface area contributed by atoms with Gasteiger partial charge in [0.1, 0.15) is 12.4 Å². The number of anilines is 1. The molecule has 6 nitrogen and oxygen atoms in total. The molecule has 0 saturated carbocycles. The molecule has 0 bridgehead atoms. The van der Waals surface area contributed by atoms with Crippen molar-refractivity contribution in [1.29, 1.82) is 0 Å². The van der Waals surface area contributed by atoms with Crippen LogP contribution in [0.1, 0.15) is 41.6 Å². The molecule has 0 spiro atoms. The van der Waals surface area contributed by atoms with Crippen molar-refractivity contribution in [2.45, 2.75) is 32.9 Å². The lowest BCUT2D eigenvalue weighted by atomic mass is 10.1. The minimum Gasteiger partial charge on any atom is -0.342 e. The van der Waals surface area contributed by atoms with Crippen molar-refractivity contribution in [3.8, 4) is 0 Å². The van der Waals surface area contributed by atoms with Crippen molar-refractivity contribution in [3.05, 3.63) is 94.8 Å². The zero-order valence-electron chi connectivity index (χ0n) is 18.5. The Hall–Kier alpha value is -3.64. The third-order valence-corrected chi connectivity index (χ3v) is 5.75. The van der Waals surface area contributed by atoms with Crippen molar-refractivity contribution in [1.82, 2.24) is 14.9 Å². The van der Waals surface area contributed by atoms with Crippen molar-refractivity contribution >= 4 is 40.1 Å². The van der Waals surface area contributed by atoms with E-state index in [-0.39, 0.29) is 18.4 Å². The molecule has 1 aromatic heterocycles. The predicted molar refractivity (Wildman–Crippen MR) is 132 cm³/mol. The molecular weight excluding hydrogens is 436 g/mol. The highest BCUT2D eigenvalue weighted by atomic mass is 35.5. The number of aryl methyl sites for hydroxylation is 1. The number of carbonyl (C=O) groups is 2. The molecule has 4 aromatic rings. The van der Waals surface area contributed by atoms with Crippen LogP contribution in [0.25, 0.3) is 11.0 Å². The number of halogens is 1. The van der Waals surface area contributed by atoms with Gasteiger partial charge in [0.2, 0.25) is 5.91 Å². The number of amides is 2. The Bertz CT molecular complexity index is 1300. The van der Waals surface area contributed by atoms with E-state index in [0.717, 1.165) is 28.7 Å². The van der Waals surface area contributed by atoms with Gasteiger partial charge < -0.3 is 15.2 Å². The van der Waals surface area contributed by atoms with Gasteiger partial charge in [-0.1, -0.05) is 48.9 Å². The number of benzene rings is 3. The van der Waals surface area contributed by atoms with Crippen molar-refractivity contribution < 1.29 is 9.59 Å². The van der Waals surface area contributed by atoms with Gasteiger partial charge in [0, 0.05) is 16.3 Å². The SMILES string of the molecule is CCc1ccccc1NC(=O)Cn1c(C(C)NC(=O)c2ccc(Cl)cc2)nc2ccccc21. The standard InChI is InChI=1S/C26H25ClN4O2/c1-3-18-8-4-5-9-21(18)29-24(32)16-31-23-11-7-6-10-22(23)30-25(31)17(2)28-26(33)19-12-14-20(27)15-13-19/h4-15,17H,3,16H2,1-2H3,(H,28,33)(H,29,32). The minimum absolute atomic E-state index is 0.0784. The number of fused-ring (bicyclic) bond motifs is 1. The van der Waals surface area contributed by atoms with E-state index in [2.05, 4.69) is 17.6 Å². The highest BCUT2D eigenvalue weighted by Crippen LogP contribution is 2.22. The third-order valence-electron chi connectivity index (χ3n) is 5.50. The van der Waals surface area contributed by atoms with Crippen molar-refractivity contribution in [2.24, 2.45) is 0 Å². The van der Waals surface area contributed by atoms with Crippen molar-refractivity contribution in [2.75, 3.05) is 5.32 Å². The van der Waals surface area contributed by atoms with E-state index in [4.69, 9.17) is 16.6 Å². The second-order valence-electron chi connectivity index (χ2n) is 7.81. The van der Waals surface area contributed by atoms with Crippen LogP contribution in [-0.4, -0.2) is 21.4 Å². The molecule has 168 valence electrons. The Morgan fingerprint density at radius 3 is 2.45 bits per heavy atom. The van der Waals surface area contributed by atoms with Crippen LogP contribution >= 0.6 is 11.6 Å². The van der Waals surface area contributed by atoms with Gasteiger partial charge >= 0.3 is 0 Å². The molecule has 2 N–H and O–H groups in total. The molecule has 0 radical (unpaired) electrons. The first-order valence-corrected chi connectivity index (χ1v) is 11.2. The van der Waals surface area contributed by atoms with Crippen LogP contribution in [0, 0.1) is 0 Å². The van der Waals surface area contributed by atoms with E-state index in [0.29, 0.717) is 16.4 Å². The molecule has 1 heterocycles. The maximum absolute atomic E-state index is 13.0. The molecule has 1 atom stereocenters. The summed E-state index contributed by atoms with van der Waals surface area (Å²) < 4.78 is 1.85. The number of nitrogens with zero attached hydrogens (tertiary/aromatic N) is 2. The molecule has 3 aromatic carbocycles. The van der Waals surface area contributed by atoms with Crippen LogP contribution in [0.4, 0.5) is 5.69 Å². The number of para-hydroxylation sites is 3. The Labute approximate surface area is 197 Å². The van der Waals surface area contributed by atoms with Crippen LogP contribution in [0.3, 0.4) is 0 Å². The second-order valence-corrected chi connectivity index (χ2v) is 8.24. The fourth-order valence-electron chi connectivity index (χ4n) is 3.82. The number of carbonyl (C=O) groups excluding carboxylic acids is 2. The van der Waals surface area contributed by atoms with Gasteiger partial charge in [-0.15, -0.1) is 0 Å². The number of hydrogen-bond acceptors (Lipinski definition) is 3. The second kappa shape index (κ2) is 9.88. The maximum atomic E-state index is 13.0. The van der Waals surface area contributed by atoms with Gasteiger partial charge in [-0.05, 0) is 61.4 Å². The van der Waals surface area contributed by atoms with Crippen molar-refractivity contribution in [3.63, 3.8) is 0 Å². The Kier molecular flexibility index (Phi) is 6.75. The first kappa shape index (κ1) is 22.6. The van der Waals surface area contributed by atoms with Gasteiger partial charge in [-0.2, -0.15) is 0 Å². The summed E-state index contributed by atoms with van der Waals surface area (Å²) in [4.78, 5) is 30.4. The van der Waals surface area contributed by atoms with Gasteiger partial charge in [0.15, 0.2) is 0 Å². The van der Waals surface area contributed by atoms with Gasteiger partial charge in [-0.3, -0.25) is 9.59 Å². The van der Waals surface area contributed by atoms with Crippen LogP contribution in [0.5, 0.6) is 0 Å². The van der Waals surface area contributed by atoms with Gasteiger partial charge in [0.05, 0.1) is 17.1 Å². The first-order chi connectivity index (χ1) is 16.0. The number of aromatic nitrogens is 2. The normalized spacial score (nSPS) is 11.8.